The topological polar surface area (TPSA) is 58.2 Å². The zero-order chi connectivity index (χ0) is 19.1. The second-order valence-electron chi connectivity index (χ2n) is 6.28. The molecule has 0 spiro atoms. The van der Waals surface area contributed by atoms with Crippen molar-refractivity contribution >= 4 is 22.9 Å². The van der Waals surface area contributed by atoms with Crippen LogP contribution in [0.15, 0.2) is 72.1 Å². The molecule has 0 aromatic heterocycles. The monoisotopic (exact) mass is 348 g/mol. The third kappa shape index (κ3) is 6.06. The number of ketones is 2. The van der Waals surface area contributed by atoms with Crippen molar-refractivity contribution in [2.45, 2.75) is 27.7 Å². The molecule has 0 unspecified atom stereocenters. The lowest BCUT2D eigenvalue weighted by Crippen LogP contribution is -1.98. The molecule has 0 aliphatic rings. The first-order chi connectivity index (χ1) is 12.3. The summed E-state index contributed by atoms with van der Waals surface area (Å²) in [5.74, 6) is 0.0439. The Morgan fingerprint density at radius 1 is 0.615 bits per heavy atom. The van der Waals surface area contributed by atoms with Gasteiger partial charge in [-0.25, -0.2) is 0 Å². The number of hydrogen-bond donors (Lipinski definition) is 2. The van der Waals surface area contributed by atoms with Crippen molar-refractivity contribution in [3.63, 3.8) is 0 Å². The zero-order valence-electron chi connectivity index (χ0n) is 15.6. The molecule has 0 fully saturated rings. The molecule has 2 aromatic rings. The van der Waals surface area contributed by atoms with Gasteiger partial charge in [0.15, 0.2) is 11.6 Å². The van der Waals surface area contributed by atoms with Crippen LogP contribution in [0.2, 0.25) is 0 Å². The van der Waals surface area contributed by atoms with Crippen LogP contribution >= 0.6 is 0 Å². The van der Waals surface area contributed by atoms with E-state index in [1.54, 1.807) is 12.2 Å². The number of anilines is 2. The van der Waals surface area contributed by atoms with Gasteiger partial charge in [-0.2, -0.15) is 0 Å². The van der Waals surface area contributed by atoms with Crippen molar-refractivity contribution in [2.24, 2.45) is 0 Å². The number of allylic oxidation sites excluding steroid dienone is 4. The van der Waals surface area contributed by atoms with Crippen molar-refractivity contribution in [3.05, 3.63) is 72.1 Å². The Balaban J connectivity index is 2.07. The van der Waals surface area contributed by atoms with Gasteiger partial charge >= 0.3 is 0 Å². The minimum absolute atomic E-state index is 0.0219. The Kier molecular flexibility index (Phi) is 6.50. The van der Waals surface area contributed by atoms with Crippen LogP contribution in [0, 0.1) is 0 Å². The number of hydrogen-bond acceptors (Lipinski definition) is 4. The van der Waals surface area contributed by atoms with E-state index in [0.29, 0.717) is 0 Å². The van der Waals surface area contributed by atoms with Gasteiger partial charge in [0.25, 0.3) is 0 Å². The fourth-order valence-corrected chi connectivity index (χ4v) is 2.63. The fraction of sp³-hybridized carbons (Fsp3) is 0.182. The van der Waals surface area contributed by atoms with Gasteiger partial charge < -0.3 is 10.6 Å². The first-order valence-corrected chi connectivity index (χ1v) is 8.46. The predicted octanol–water partition coefficient (Wildman–Crippen LogP) is 5.16. The molecule has 0 saturated heterocycles. The van der Waals surface area contributed by atoms with Gasteiger partial charge in [-0.3, -0.25) is 9.59 Å². The molecule has 0 atom stereocenters. The molecule has 0 bridgehead atoms. The molecule has 2 aromatic carbocycles. The second-order valence-corrected chi connectivity index (χ2v) is 6.28. The van der Waals surface area contributed by atoms with E-state index in [2.05, 4.69) is 10.6 Å². The highest BCUT2D eigenvalue weighted by atomic mass is 16.1. The molecule has 0 amide bonds. The molecular formula is C22H24N2O2. The maximum Gasteiger partial charge on any atom is 0.154 e. The first kappa shape index (κ1) is 19.2. The number of carbonyl (C=O) groups excluding carboxylic acids is 2. The summed E-state index contributed by atoms with van der Waals surface area (Å²) in [4.78, 5) is 22.2. The molecule has 26 heavy (non-hydrogen) atoms. The van der Waals surface area contributed by atoms with E-state index in [1.165, 1.54) is 13.8 Å². The normalized spacial score (nSPS) is 11.8. The summed E-state index contributed by atoms with van der Waals surface area (Å²) in [5, 5.41) is 6.39. The maximum absolute atomic E-state index is 11.1. The number of benzene rings is 2. The summed E-state index contributed by atoms with van der Waals surface area (Å²) in [6.07, 6.45) is 3.14. The summed E-state index contributed by atoms with van der Waals surface area (Å²) < 4.78 is 0. The summed E-state index contributed by atoms with van der Waals surface area (Å²) in [6.45, 7) is 6.79. The van der Waals surface area contributed by atoms with Gasteiger partial charge in [0, 0.05) is 22.8 Å². The Hall–Kier alpha value is -3.14. The van der Waals surface area contributed by atoms with E-state index in [0.717, 1.165) is 33.9 Å². The number of nitrogens with one attached hydrogen (secondary N) is 2. The van der Waals surface area contributed by atoms with Crippen molar-refractivity contribution < 1.29 is 9.59 Å². The highest BCUT2D eigenvalue weighted by Gasteiger charge is 2.01. The summed E-state index contributed by atoms with van der Waals surface area (Å²) >= 11 is 0. The quantitative estimate of drug-likeness (QED) is 0.678. The summed E-state index contributed by atoms with van der Waals surface area (Å²) in [6, 6.07) is 16.1. The van der Waals surface area contributed by atoms with E-state index in [9.17, 15) is 9.59 Å². The molecule has 4 heteroatoms. The summed E-state index contributed by atoms with van der Waals surface area (Å²) in [7, 11) is 0. The van der Waals surface area contributed by atoms with Crippen LogP contribution in [-0.2, 0) is 9.59 Å². The third-order valence-electron chi connectivity index (χ3n) is 3.63. The molecule has 0 heterocycles. The Morgan fingerprint density at radius 2 is 0.923 bits per heavy atom. The Morgan fingerprint density at radius 3 is 1.19 bits per heavy atom. The largest absolute Gasteiger partial charge is 0.359 e. The van der Waals surface area contributed by atoms with Gasteiger partial charge in [0.2, 0.25) is 0 Å². The van der Waals surface area contributed by atoms with E-state index in [-0.39, 0.29) is 11.6 Å². The van der Waals surface area contributed by atoms with E-state index in [4.69, 9.17) is 0 Å². The maximum atomic E-state index is 11.1. The van der Waals surface area contributed by atoms with Crippen molar-refractivity contribution in [3.8, 4) is 11.1 Å². The van der Waals surface area contributed by atoms with Gasteiger partial charge in [-0.05, 0) is 75.2 Å². The van der Waals surface area contributed by atoms with Gasteiger partial charge in [-0.1, -0.05) is 24.3 Å². The molecule has 134 valence electrons. The van der Waals surface area contributed by atoms with E-state index < -0.39 is 0 Å². The molecule has 0 radical (unpaired) electrons. The number of rotatable bonds is 7. The lowest BCUT2D eigenvalue weighted by atomic mass is 10.0. The van der Waals surface area contributed by atoms with Gasteiger partial charge in [0.05, 0.1) is 0 Å². The van der Waals surface area contributed by atoms with Crippen LogP contribution in [0.3, 0.4) is 0 Å². The molecule has 2 N–H and O–H groups in total. The highest BCUT2D eigenvalue weighted by molar-refractivity contribution is 5.88. The third-order valence-corrected chi connectivity index (χ3v) is 3.63. The Labute approximate surface area is 154 Å². The fourth-order valence-electron chi connectivity index (χ4n) is 2.63. The van der Waals surface area contributed by atoms with Crippen LogP contribution in [0.1, 0.15) is 27.7 Å². The summed E-state index contributed by atoms with van der Waals surface area (Å²) in [5.41, 5.74) is 5.71. The SMILES string of the molecule is CC(=O)/C=C(/C)Nc1ccc(-c2ccc(N/C(C)=C\C(C)=O)cc2)cc1. The van der Waals surface area contributed by atoms with E-state index >= 15 is 0 Å². The smallest absolute Gasteiger partial charge is 0.154 e. The van der Waals surface area contributed by atoms with Crippen LogP contribution < -0.4 is 10.6 Å². The standard InChI is InChI=1S/C22H24N2O2/c1-15(13-17(3)25)23-21-9-5-19(6-10-21)20-7-11-22(12-8-20)24-16(2)14-18(4)26/h5-14,23-24H,1-4H3/b15-13-,16-14-. The molecule has 2 rings (SSSR count). The number of carbonyl (C=O) groups is 2. The van der Waals surface area contributed by atoms with Crippen LogP contribution in [0.25, 0.3) is 11.1 Å². The van der Waals surface area contributed by atoms with Crippen LogP contribution in [-0.4, -0.2) is 11.6 Å². The van der Waals surface area contributed by atoms with Crippen molar-refractivity contribution in [2.75, 3.05) is 10.6 Å². The van der Waals surface area contributed by atoms with Crippen LogP contribution in [0.4, 0.5) is 11.4 Å². The second kappa shape index (κ2) is 8.81. The Bertz CT molecular complexity index is 771. The molecular weight excluding hydrogens is 324 g/mol. The zero-order valence-corrected chi connectivity index (χ0v) is 15.6. The molecule has 0 aliphatic heterocycles. The minimum atomic E-state index is 0.0219. The minimum Gasteiger partial charge on any atom is -0.359 e. The predicted molar refractivity (Wildman–Crippen MR) is 108 cm³/mol. The van der Waals surface area contributed by atoms with E-state index in [1.807, 2.05) is 62.4 Å². The first-order valence-electron chi connectivity index (χ1n) is 8.46. The van der Waals surface area contributed by atoms with Gasteiger partial charge in [0.1, 0.15) is 0 Å². The van der Waals surface area contributed by atoms with Gasteiger partial charge in [-0.15, -0.1) is 0 Å². The molecule has 0 aliphatic carbocycles. The van der Waals surface area contributed by atoms with Crippen molar-refractivity contribution in [1.29, 1.82) is 0 Å². The molecule has 4 nitrogen and oxygen atoms in total. The van der Waals surface area contributed by atoms with Crippen molar-refractivity contribution in [1.82, 2.24) is 0 Å². The lowest BCUT2D eigenvalue weighted by molar-refractivity contribution is -0.113. The average Bonchev–Trinajstić information content (AvgIpc) is 2.54. The molecule has 0 saturated carbocycles. The average molecular weight is 348 g/mol. The lowest BCUT2D eigenvalue weighted by Gasteiger charge is -2.09. The van der Waals surface area contributed by atoms with Crippen LogP contribution in [0.5, 0.6) is 0 Å². The highest BCUT2D eigenvalue weighted by Crippen LogP contribution is 2.24.